The van der Waals surface area contributed by atoms with Crippen LogP contribution in [0.1, 0.15) is 46.6 Å². The monoisotopic (exact) mass is 329 g/mol. The molecule has 1 unspecified atom stereocenters. The number of nitrogens with zero attached hydrogens (tertiary/aromatic N) is 1. The minimum atomic E-state index is -0.267. The van der Waals surface area contributed by atoms with Crippen LogP contribution in [0.25, 0.3) is 0 Å². The second-order valence-electron chi connectivity index (χ2n) is 5.76. The fraction of sp³-hybridized carbons (Fsp3) is 0.353. The molecule has 2 N–H and O–H groups in total. The van der Waals surface area contributed by atoms with Crippen molar-refractivity contribution in [2.45, 2.75) is 32.1 Å². The van der Waals surface area contributed by atoms with E-state index in [2.05, 4.69) is 15.6 Å². The van der Waals surface area contributed by atoms with Gasteiger partial charge in [-0.15, -0.1) is 11.3 Å². The van der Waals surface area contributed by atoms with Gasteiger partial charge in [-0.25, -0.2) is 9.78 Å². The molecule has 5 nitrogen and oxygen atoms in total. The Morgan fingerprint density at radius 1 is 1.39 bits per heavy atom. The number of thiazole rings is 1. The van der Waals surface area contributed by atoms with Gasteiger partial charge < -0.3 is 10.6 Å². The standard InChI is InChI=1S/C17H19N3O2S/c1-11(16-18-7-8-23-16)10-19-17(22)20-13-6-5-12-3-2-4-15(21)14(12)9-13/h5-9,11H,2-4,10H2,1H3,(H2,19,20,22). The van der Waals surface area contributed by atoms with Gasteiger partial charge in [-0.2, -0.15) is 0 Å². The topological polar surface area (TPSA) is 71.1 Å². The van der Waals surface area contributed by atoms with E-state index in [1.165, 1.54) is 0 Å². The number of aromatic nitrogens is 1. The lowest BCUT2D eigenvalue weighted by atomic mass is 9.90. The van der Waals surface area contributed by atoms with Crippen LogP contribution < -0.4 is 10.6 Å². The minimum Gasteiger partial charge on any atom is -0.337 e. The summed E-state index contributed by atoms with van der Waals surface area (Å²) < 4.78 is 0. The van der Waals surface area contributed by atoms with E-state index in [4.69, 9.17) is 0 Å². The Hall–Kier alpha value is -2.21. The number of nitrogens with one attached hydrogen (secondary N) is 2. The van der Waals surface area contributed by atoms with Crippen LogP contribution >= 0.6 is 11.3 Å². The molecule has 0 fully saturated rings. The first-order chi connectivity index (χ1) is 11.1. The maximum Gasteiger partial charge on any atom is 0.319 e. The molecule has 1 heterocycles. The quantitative estimate of drug-likeness (QED) is 0.900. The lowest BCUT2D eigenvalue weighted by molar-refractivity contribution is 0.0972. The van der Waals surface area contributed by atoms with E-state index in [0.29, 0.717) is 18.7 Å². The molecule has 1 aromatic heterocycles. The molecule has 1 aromatic carbocycles. The lowest BCUT2D eigenvalue weighted by Gasteiger charge is -2.16. The predicted molar refractivity (Wildman–Crippen MR) is 91.3 cm³/mol. The number of Topliss-reactive ketones (excluding diaryl/α,β-unsaturated/α-hetero) is 1. The zero-order valence-corrected chi connectivity index (χ0v) is 13.8. The van der Waals surface area contributed by atoms with E-state index >= 15 is 0 Å². The molecule has 6 heteroatoms. The second-order valence-corrected chi connectivity index (χ2v) is 6.68. The number of carbonyl (C=O) groups excluding carboxylic acids is 2. The van der Waals surface area contributed by atoms with E-state index < -0.39 is 0 Å². The number of benzene rings is 1. The van der Waals surface area contributed by atoms with Crippen LogP contribution in [0.2, 0.25) is 0 Å². The predicted octanol–water partition coefficient (Wildman–Crippen LogP) is 3.59. The molecule has 120 valence electrons. The number of hydrogen-bond donors (Lipinski definition) is 2. The van der Waals surface area contributed by atoms with E-state index in [-0.39, 0.29) is 17.7 Å². The normalized spacial score (nSPS) is 14.9. The third-order valence-corrected chi connectivity index (χ3v) is 4.97. The Bertz CT molecular complexity index is 713. The van der Waals surface area contributed by atoms with Gasteiger partial charge in [0.1, 0.15) is 0 Å². The van der Waals surface area contributed by atoms with Gasteiger partial charge in [-0.1, -0.05) is 13.0 Å². The van der Waals surface area contributed by atoms with E-state index in [1.54, 1.807) is 23.6 Å². The van der Waals surface area contributed by atoms with Crippen LogP contribution in [0.5, 0.6) is 0 Å². The van der Waals surface area contributed by atoms with Crippen LogP contribution in [-0.4, -0.2) is 23.3 Å². The van der Waals surface area contributed by atoms with Gasteiger partial charge in [0.25, 0.3) is 0 Å². The highest BCUT2D eigenvalue weighted by molar-refractivity contribution is 7.09. The van der Waals surface area contributed by atoms with Crippen molar-refractivity contribution in [2.24, 2.45) is 0 Å². The molecule has 0 aliphatic heterocycles. The van der Waals surface area contributed by atoms with Crippen LogP contribution in [0.4, 0.5) is 10.5 Å². The summed E-state index contributed by atoms with van der Waals surface area (Å²) in [5, 5.41) is 8.57. The first-order valence-corrected chi connectivity index (χ1v) is 8.62. The Morgan fingerprint density at radius 3 is 3.04 bits per heavy atom. The number of rotatable bonds is 4. The van der Waals surface area contributed by atoms with E-state index in [9.17, 15) is 9.59 Å². The molecule has 1 aliphatic rings. The number of carbonyl (C=O) groups is 2. The minimum absolute atomic E-state index is 0.160. The van der Waals surface area contributed by atoms with Crippen LogP contribution in [0.15, 0.2) is 29.8 Å². The summed E-state index contributed by atoms with van der Waals surface area (Å²) in [6.45, 7) is 2.54. The van der Waals surface area contributed by atoms with Crippen molar-refractivity contribution in [3.63, 3.8) is 0 Å². The molecule has 0 saturated heterocycles. The summed E-state index contributed by atoms with van der Waals surface area (Å²) in [6.07, 6.45) is 4.20. The van der Waals surface area contributed by atoms with Gasteiger partial charge in [0.2, 0.25) is 0 Å². The molecule has 0 radical (unpaired) electrons. The molecule has 2 aromatic rings. The van der Waals surface area contributed by atoms with Gasteiger partial charge in [-0.3, -0.25) is 4.79 Å². The molecule has 0 spiro atoms. The average Bonchev–Trinajstić information content (AvgIpc) is 3.08. The summed E-state index contributed by atoms with van der Waals surface area (Å²) in [5.41, 5.74) is 2.47. The zero-order valence-electron chi connectivity index (χ0n) is 13.0. The van der Waals surface area contributed by atoms with Gasteiger partial charge in [0, 0.05) is 41.7 Å². The van der Waals surface area contributed by atoms with Crippen molar-refractivity contribution in [3.8, 4) is 0 Å². The molecule has 0 bridgehead atoms. The maximum atomic E-state index is 12.0. The summed E-state index contributed by atoms with van der Waals surface area (Å²) >= 11 is 1.58. The fourth-order valence-corrected chi connectivity index (χ4v) is 3.39. The van der Waals surface area contributed by atoms with E-state index in [0.717, 1.165) is 29.0 Å². The number of hydrogen-bond acceptors (Lipinski definition) is 4. The molecular formula is C17H19N3O2S. The summed E-state index contributed by atoms with van der Waals surface area (Å²) in [7, 11) is 0. The fourth-order valence-electron chi connectivity index (χ4n) is 2.69. The number of aryl methyl sites for hydroxylation is 1. The summed E-state index contributed by atoms with van der Waals surface area (Å²) in [5.74, 6) is 0.332. The molecule has 1 atom stereocenters. The summed E-state index contributed by atoms with van der Waals surface area (Å²) in [4.78, 5) is 28.2. The molecule has 23 heavy (non-hydrogen) atoms. The van der Waals surface area contributed by atoms with Gasteiger partial charge >= 0.3 is 6.03 Å². The zero-order chi connectivity index (χ0) is 16.2. The molecule has 1 aliphatic carbocycles. The van der Waals surface area contributed by atoms with Crippen LogP contribution in [-0.2, 0) is 6.42 Å². The molecule has 0 saturated carbocycles. The largest absolute Gasteiger partial charge is 0.337 e. The Balaban J connectivity index is 1.58. The number of amides is 2. The molecule has 3 rings (SSSR count). The highest BCUT2D eigenvalue weighted by Gasteiger charge is 2.17. The Morgan fingerprint density at radius 2 is 2.26 bits per heavy atom. The highest BCUT2D eigenvalue weighted by atomic mass is 32.1. The van der Waals surface area contributed by atoms with Crippen LogP contribution in [0.3, 0.4) is 0 Å². The van der Waals surface area contributed by atoms with Gasteiger partial charge in [0.05, 0.1) is 5.01 Å². The SMILES string of the molecule is CC(CNC(=O)Nc1ccc2c(c1)C(=O)CCC2)c1nccs1. The molecular weight excluding hydrogens is 310 g/mol. The van der Waals surface area contributed by atoms with Crippen LogP contribution in [0, 0.1) is 0 Å². The number of ketones is 1. The lowest BCUT2D eigenvalue weighted by Crippen LogP contribution is -2.31. The highest BCUT2D eigenvalue weighted by Crippen LogP contribution is 2.24. The van der Waals surface area contributed by atoms with Gasteiger partial charge in [-0.05, 0) is 30.5 Å². The van der Waals surface area contributed by atoms with Crippen molar-refractivity contribution in [1.29, 1.82) is 0 Å². The molecule has 2 amide bonds. The van der Waals surface area contributed by atoms with E-state index in [1.807, 2.05) is 24.4 Å². The number of fused-ring (bicyclic) bond motifs is 1. The van der Waals surface area contributed by atoms with Gasteiger partial charge in [0.15, 0.2) is 5.78 Å². The smallest absolute Gasteiger partial charge is 0.319 e. The van der Waals surface area contributed by atoms with Crippen molar-refractivity contribution in [3.05, 3.63) is 45.9 Å². The first-order valence-electron chi connectivity index (χ1n) is 7.74. The average molecular weight is 329 g/mol. The summed E-state index contributed by atoms with van der Waals surface area (Å²) in [6, 6.07) is 5.29. The third kappa shape index (κ3) is 3.76. The van der Waals surface area contributed by atoms with Crippen molar-refractivity contribution in [1.82, 2.24) is 10.3 Å². The van der Waals surface area contributed by atoms with Crippen molar-refractivity contribution < 1.29 is 9.59 Å². The maximum absolute atomic E-state index is 12.0. The number of anilines is 1. The third-order valence-electron chi connectivity index (χ3n) is 3.96. The van der Waals surface area contributed by atoms with Crippen molar-refractivity contribution >= 4 is 28.8 Å². The Labute approximate surface area is 139 Å². The Kier molecular flexibility index (Phi) is 4.71. The first kappa shape index (κ1) is 15.7. The number of urea groups is 1. The second kappa shape index (κ2) is 6.91. The van der Waals surface area contributed by atoms with Crippen molar-refractivity contribution in [2.75, 3.05) is 11.9 Å².